The Morgan fingerprint density at radius 1 is 1.00 bits per heavy atom. The second-order valence-corrected chi connectivity index (χ2v) is 8.20. The highest BCUT2D eigenvalue weighted by atomic mass is 15.4. The van der Waals surface area contributed by atoms with Gasteiger partial charge in [-0.1, -0.05) is 79.9 Å². The van der Waals surface area contributed by atoms with Gasteiger partial charge in [0.15, 0.2) is 0 Å². The van der Waals surface area contributed by atoms with Crippen LogP contribution in [0.25, 0.3) is 11.1 Å². The molecule has 2 aliphatic heterocycles. The minimum atomic E-state index is 0.363. The van der Waals surface area contributed by atoms with Gasteiger partial charge in [-0.25, -0.2) is 0 Å². The highest BCUT2D eigenvalue weighted by Crippen LogP contribution is 2.39. The van der Waals surface area contributed by atoms with Gasteiger partial charge in [-0.05, 0) is 36.5 Å². The van der Waals surface area contributed by atoms with Crippen molar-refractivity contribution in [3.05, 3.63) is 97.0 Å². The van der Waals surface area contributed by atoms with E-state index in [1.165, 1.54) is 35.1 Å². The molecule has 2 atom stereocenters. The average Bonchev–Trinajstić information content (AvgIpc) is 2.72. The predicted molar refractivity (Wildman–Crippen MR) is 119 cm³/mol. The molecule has 0 bridgehead atoms. The van der Waals surface area contributed by atoms with Gasteiger partial charge < -0.3 is 9.80 Å². The maximum atomic E-state index is 4.43. The molecule has 2 aliphatic rings. The first-order valence-corrected chi connectivity index (χ1v) is 10.3. The van der Waals surface area contributed by atoms with Crippen LogP contribution in [0, 0.1) is 0 Å². The maximum Gasteiger partial charge on any atom is 0.101 e. The van der Waals surface area contributed by atoms with Gasteiger partial charge in [0.2, 0.25) is 0 Å². The number of likely N-dealkylation sites (tertiary alicyclic amines) is 2. The zero-order valence-corrected chi connectivity index (χ0v) is 16.9. The van der Waals surface area contributed by atoms with Crippen molar-refractivity contribution in [2.24, 2.45) is 0 Å². The molecular formula is C26H30N2. The molecule has 0 aromatic heterocycles. The molecule has 2 saturated heterocycles. The van der Waals surface area contributed by atoms with Gasteiger partial charge in [0, 0.05) is 31.1 Å². The minimum Gasteiger partial charge on any atom is -0.358 e. The first-order valence-electron chi connectivity index (χ1n) is 10.3. The number of hydrogen-bond donors (Lipinski definition) is 0. The van der Waals surface area contributed by atoms with Gasteiger partial charge in [0.05, 0.1) is 6.04 Å². The monoisotopic (exact) mass is 370 g/mol. The van der Waals surface area contributed by atoms with Crippen LogP contribution >= 0.6 is 0 Å². The molecule has 4 rings (SSSR count). The molecule has 0 radical (unpaired) electrons. The predicted octanol–water partition coefficient (Wildman–Crippen LogP) is 6.17. The van der Waals surface area contributed by atoms with Crippen LogP contribution < -0.4 is 0 Å². The minimum absolute atomic E-state index is 0.363. The molecule has 144 valence electrons. The third kappa shape index (κ3) is 3.52. The Bertz CT molecular complexity index is 896. The van der Waals surface area contributed by atoms with Crippen LogP contribution in [0.3, 0.4) is 0 Å². The molecule has 28 heavy (non-hydrogen) atoms. The van der Waals surface area contributed by atoms with Crippen molar-refractivity contribution in [1.82, 2.24) is 9.80 Å². The molecule has 2 fully saturated rings. The van der Waals surface area contributed by atoms with Gasteiger partial charge >= 0.3 is 0 Å². The maximum absolute atomic E-state index is 4.43. The Balaban J connectivity index is 1.51. The van der Waals surface area contributed by atoms with E-state index in [1.54, 1.807) is 0 Å². The molecule has 2 aromatic rings. The molecule has 2 nitrogen and oxygen atoms in total. The molecule has 0 saturated carbocycles. The van der Waals surface area contributed by atoms with Crippen LogP contribution in [-0.2, 0) is 0 Å². The second-order valence-electron chi connectivity index (χ2n) is 8.20. The summed E-state index contributed by atoms with van der Waals surface area (Å²) < 4.78 is 0. The van der Waals surface area contributed by atoms with Crippen molar-refractivity contribution < 1.29 is 0 Å². The van der Waals surface area contributed by atoms with Crippen molar-refractivity contribution in [3.63, 3.8) is 0 Å². The summed E-state index contributed by atoms with van der Waals surface area (Å²) in [7, 11) is 0. The van der Waals surface area contributed by atoms with Crippen molar-refractivity contribution in [3.8, 4) is 11.1 Å². The zero-order valence-electron chi connectivity index (χ0n) is 16.9. The van der Waals surface area contributed by atoms with Crippen LogP contribution in [0.2, 0.25) is 0 Å². The molecule has 2 heterocycles. The molecular weight excluding hydrogens is 340 g/mol. The molecule has 0 spiro atoms. The summed E-state index contributed by atoms with van der Waals surface area (Å²) in [6, 6.07) is 20.1. The Labute approximate surface area is 169 Å². The van der Waals surface area contributed by atoms with Crippen LogP contribution in [-0.4, -0.2) is 28.9 Å². The standard InChI is InChI=1S/C26H30N2/c1-19(2)26-16-20(3)28(26)21(4)27-15-9-14-25(18-27)24-13-8-12-23(17-24)22-10-6-5-7-11-22/h5-8,10-13,17,25-26H,1,3-4,9,14-16,18H2,2H3. The first-order chi connectivity index (χ1) is 13.5. The quantitative estimate of drug-likeness (QED) is 0.581. The van der Waals surface area contributed by atoms with Gasteiger partial charge in [-0.2, -0.15) is 0 Å². The lowest BCUT2D eigenvalue weighted by Gasteiger charge is -2.50. The lowest BCUT2D eigenvalue weighted by molar-refractivity contribution is 0.137. The van der Waals surface area contributed by atoms with Crippen molar-refractivity contribution in [2.45, 2.75) is 38.1 Å². The van der Waals surface area contributed by atoms with Crippen molar-refractivity contribution in [2.75, 3.05) is 13.1 Å². The SMILES string of the molecule is C=C(C)C1CC(=C)N1C(=C)N1CCCC(c2cccc(-c3ccccc3)c2)C1. The number of rotatable bonds is 5. The lowest BCUT2D eigenvalue weighted by Crippen LogP contribution is -2.50. The van der Waals surface area contributed by atoms with Crippen LogP contribution in [0.1, 0.15) is 37.7 Å². The van der Waals surface area contributed by atoms with Crippen LogP contribution in [0.4, 0.5) is 0 Å². The summed E-state index contributed by atoms with van der Waals surface area (Å²) in [5.41, 5.74) is 6.36. The Kier molecular flexibility index (Phi) is 5.13. The summed E-state index contributed by atoms with van der Waals surface area (Å²) in [6.07, 6.45) is 3.43. The summed E-state index contributed by atoms with van der Waals surface area (Å²) >= 11 is 0. The fourth-order valence-electron chi connectivity index (χ4n) is 4.52. The van der Waals surface area contributed by atoms with Crippen LogP contribution in [0.15, 0.2) is 91.4 Å². The highest BCUT2D eigenvalue weighted by molar-refractivity contribution is 5.64. The van der Waals surface area contributed by atoms with Gasteiger partial charge in [0.1, 0.15) is 5.82 Å². The Hall–Kier alpha value is -2.74. The van der Waals surface area contributed by atoms with E-state index in [0.717, 1.165) is 31.0 Å². The van der Waals surface area contributed by atoms with E-state index in [-0.39, 0.29) is 0 Å². The van der Waals surface area contributed by atoms with Crippen molar-refractivity contribution in [1.29, 1.82) is 0 Å². The fraction of sp³-hybridized carbons (Fsp3) is 0.308. The van der Waals surface area contributed by atoms with Gasteiger partial charge in [0.25, 0.3) is 0 Å². The molecule has 0 N–H and O–H groups in total. The summed E-state index contributed by atoms with van der Waals surface area (Å²) in [5, 5.41) is 0. The molecule has 0 amide bonds. The van der Waals surface area contributed by atoms with Crippen molar-refractivity contribution >= 4 is 0 Å². The van der Waals surface area contributed by atoms with E-state index in [2.05, 4.69) is 91.1 Å². The highest BCUT2D eigenvalue weighted by Gasteiger charge is 2.36. The van der Waals surface area contributed by atoms with Gasteiger partial charge in [-0.3, -0.25) is 0 Å². The van der Waals surface area contributed by atoms with E-state index in [9.17, 15) is 0 Å². The number of hydrogen-bond acceptors (Lipinski definition) is 2. The van der Waals surface area contributed by atoms with Gasteiger partial charge in [-0.15, -0.1) is 0 Å². The average molecular weight is 371 g/mol. The zero-order chi connectivity index (χ0) is 19.7. The third-order valence-electron chi connectivity index (χ3n) is 6.18. The summed E-state index contributed by atoms with van der Waals surface area (Å²) in [6.45, 7) is 17.0. The van der Waals surface area contributed by atoms with E-state index in [1.807, 2.05) is 0 Å². The lowest BCUT2D eigenvalue weighted by atomic mass is 9.88. The van der Waals surface area contributed by atoms with Crippen LogP contribution in [0.5, 0.6) is 0 Å². The smallest absolute Gasteiger partial charge is 0.101 e. The topological polar surface area (TPSA) is 6.48 Å². The molecule has 2 aromatic carbocycles. The number of nitrogens with zero attached hydrogens (tertiary/aromatic N) is 2. The third-order valence-corrected chi connectivity index (χ3v) is 6.18. The molecule has 2 unspecified atom stereocenters. The molecule has 0 aliphatic carbocycles. The van der Waals surface area contributed by atoms with E-state index in [0.29, 0.717) is 12.0 Å². The summed E-state index contributed by atoms with van der Waals surface area (Å²) in [5.74, 6) is 1.63. The van der Waals surface area contributed by atoms with E-state index >= 15 is 0 Å². The van der Waals surface area contributed by atoms with E-state index < -0.39 is 0 Å². The molecule has 2 heteroatoms. The van der Waals surface area contributed by atoms with E-state index in [4.69, 9.17) is 0 Å². The Morgan fingerprint density at radius 3 is 2.46 bits per heavy atom. The number of benzene rings is 2. The Morgan fingerprint density at radius 2 is 1.75 bits per heavy atom. The number of piperidine rings is 1. The second kappa shape index (κ2) is 7.71. The summed E-state index contributed by atoms with van der Waals surface area (Å²) in [4.78, 5) is 4.73. The fourth-order valence-corrected chi connectivity index (χ4v) is 4.52. The normalized spacial score (nSPS) is 22.0. The first kappa shape index (κ1) is 18.6. The largest absolute Gasteiger partial charge is 0.358 e.